The van der Waals surface area contributed by atoms with Crippen molar-refractivity contribution in [1.82, 2.24) is 4.90 Å². The van der Waals surface area contributed by atoms with Gasteiger partial charge in [0.05, 0.1) is 7.11 Å². The third-order valence-electron chi connectivity index (χ3n) is 6.71. The summed E-state index contributed by atoms with van der Waals surface area (Å²) in [4.78, 5) is 21.0. The molecule has 32 heavy (non-hydrogen) atoms. The topological polar surface area (TPSA) is 39.3 Å². The lowest BCUT2D eigenvalue weighted by molar-refractivity contribution is -0.111. The van der Waals surface area contributed by atoms with E-state index >= 15 is 0 Å². The Labute approximate surface area is 191 Å². The van der Waals surface area contributed by atoms with Gasteiger partial charge < -0.3 is 24.3 Å². The fraction of sp³-hybridized carbons (Fsp3) is 0.423. The van der Waals surface area contributed by atoms with E-state index < -0.39 is 0 Å². The summed E-state index contributed by atoms with van der Waals surface area (Å²) in [5.74, 6) is 0.889. The molecule has 2 aliphatic heterocycles. The first-order valence-corrected chi connectivity index (χ1v) is 11.6. The van der Waals surface area contributed by atoms with Crippen molar-refractivity contribution >= 4 is 23.3 Å². The summed E-state index contributed by atoms with van der Waals surface area (Å²) in [7, 11) is 1.70. The lowest BCUT2D eigenvalue weighted by Gasteiger charge is -2.37. The summed E-state index contributed by atoms with van der Waals surface area (Å²) in [5.41, 5.74) is 3.52. The third kappa shape index (κ3) is 4.40. The normalized spacial score (nSPS) is 18.6. The number of hydrogen-bond acceptors (Lipinski definition) is 6. The zero-order valence-corrected chi connectivity index (χ0v) is 19.4. The zero-order valence-electron chi connectivity index (χ0n) is 19.4. The Morgan fingerprint density at radius 2 is 1.34 bits per heavy atom. The van der Waals surface area contributed by atoms with Crippen LogP contribution in [0.15, 0.2) is 60.9 Å². The zero-order chi connectivity index (χ0) is 22.5. The van der Waals surface area contributed by atoms with Gasteiger partial charge in [0.2, 0.25) is 0 Å². The van der Waals surface area contributed by atoms with Crippen molar-refractivity contribution in [1.29, 1.82) is 0 Å². The molecule has 1 saturated heterocycles. The average molecular weight is 435 g/mol. The molecule has 6 nitrogen and oxygen atoms in total. The van der Waals surface area contributed by atoms with Gasteiger partial charge in [0.15, 0.2) is 12.5 Å². The van der Waals surface area contributed by atoms with E-state index in [0.717, 1.165) is 56.7 Å². The second kappa shape index (κ2) is 9.98. The van der Waals surface area contributed by atoms with Crippen molar-refractivity contribution < 1.29 is 9.53 Å². The highest BCUT2D eigenvalue weighted by atomic mass is 16.5. The van der Waals surface area contributed by atoms with E-state index in [9.17, 15) is 4.79 Å². The van der Waals surface area contributed by atoms with Gasteiger partial charge in [0, 0.05) is 61.7 Å². The summed E-state index contributed by atoms with van der Waals surface area (Å²) in [5, 5.41) is 0. The number of ether oxygens (including phenoxy) is 1. The van der Waals surface area contributed by atoms with E-state index in [-0.39, 0.29) is 6.17 Å². The molecule has 1 unspecified atom stereocenters. The van der Waals surface area contributed by atoms with Gasteiger partial charge >= 0.3 is 0 Å². The number of methoxy groups -OCH3 is 1. The maximum atomic E-state index is 11.9. The summed E-state index contributed by atoms with van der Waals surface area (Å²) in [6.07, 6.45) is 6.92. The number of benzene rings is 2. The summed E-state index contributed by atoms with van der Waals surface area (Å²) in [6, 6.07) is 17.3. The minimum absolute atomic E-state index is 0.265. The number of aldehydes is 1. The van der Waals surface area contributed by atoms with Crippen molar-refractivity contribution in [2.24, 2.45) is 0 Å². The van der Waals surface area contributed by atoms with Crippen molar-refractivity contribution in [2.45, 2.75) is 38.9 Å². The van der Waals surface area contributed by atoms with Crippen molar-refractivity contribution in [3.8, 4) is 5.75 Å². The molecule has 0 aliphatic carbocycles. The third-order valence-corrected chi connectivity index (χ3v) is 6.71. The van der Waals surface area contributed by atoms with Crippen LogP contribution in [0.3, 0.4) is 0 Å². The molecule has 0 N–H and O–H groups in total. The number of nitrogens with zero attached hydrogens (tertiary/aromatic N) is 4. The molecule has 0 saturated carbocycles. The molecular weight excluding hydrogens is 400 g/mol. The van der Waals surface area contributed by atoms with Crippen LogP contribution in [-0.4, -0.2) is 56.7 Å². The number of piperazine rings is 1. The van der Waals surface area contributed by atoms with Gasteiger partial charge in [0.1, 0.15) is 5.75 Å². The molecule has 0 radical (unpaired) electrons. The van der Waals surface area contributed by atoms with Crippen LogP contribution in [0.5, 0.6) is 5.75 Å². The molecular formula is C26H34N4O2. The van der Waals surface area contributed by atoms with Crippen LogP contribution >= 0.6 is 0 Å². The van der Waals surface area contributed by atoms with Crippen LogP contribution in [0.2, 0.25) is 0 Å². The van der Waals surface area contributed by atoms with E-state index in [1.54, 1.807) is 7.11 Å². The Kier molecular flexibility index (Phi) is 6.88. The lowest BCUT2D eigenvalue weighted by Crippen LogP contribution is -2.46. The SMILES string of the molecule is CCC(CC)N1C=CN(c2ccc(N3CCN(c4ccc(OC)cc4)CC3)cc2)C1C=O. The smallest absolute Gasteiger partial charge is 0.163 e. The van der Waals surface area contributed by atoms with Crippen LogP contribution < -0.4 is 19.4 Å². The van der Waals surface area contributed by atoms with Gasteiger partial charge in [-0.2, -0.15) is 0 Å². The molecule has 1 fully saturated rings. The van der Waals surface area contributed by atoms with Crippen molar-refractivity contribution in [2.75, 3.05) is 48.0 Å². The molecule has 1 atom stereocenters. The molecule has 0 amide bonds. The highest BCUT2D eigenvalue weighted by Gasteiger charge is 2.30. The van der Waals surface area contributed by atoms with Crippen LogP contribution in [0.1, 0.15) is 26.7 Å². The van der Waals surface area contributed by atoms with Crippen LogP contribution in [-0.2, 0) is 4.79 Å². The van der Waals surface area contributed by atoms with Crippen molar-refractivity contribution in [3.63, 3.8) is 0 Å². The average Bonchev–Trinajstić information content (AvgIpc) is 3.29. The monoisotopic (exact) mass is 434 g/mol. The summed E-state index contributed by atoms with van der Waals surface area (Å²) < 4.78 is 5.26. The molecule has 2 aliphatic rings. The first kappa shape index (κ1) is 22.1. The standard InChI is InChI=1S/C26H34N4O2/c1-4-21(5-2)29-18-19-30(26(29)20-31)24-8-6-22(7-9-24)27-14-16-28(17-15-27)23-10-12-25(32-3)13-11-23/h6-13,18-21,26H,4-5,14-17H2,1-3H3. The Bertz CT molecular complexity index is 900. The van der Waals surface area contributed by atoms with Crippen LogP contribution in [0, 0.1) is 0 Å². The summed E-state index contributed by atoms with van der Waals surface area (Å²) in [6.45, 7) is 8.29. The first-order valence-electron chi connectivity index (χ1n) is 11.6. The van der Waals surface area contributed by atoms with Gasteiger partial charge in [-0.3, -0.25) is 4.79 Å². The number of carbonyl (C=O) groups excluding carboxylic acids is 1. The molecule has 170 valence electrons. The van der Waals surface area contributed by atoms with E-state index in [1.807, 2.05) is 18.3 Å². The van der Waals surface area contributed by atoms with E-state index in [2.05, 4.69) is 76.0 Å². The Hall–Kier alpha value is -3.15. The number of hydrogen-bond donors (Lipinski definition) is 0. The van der Waals surface area contributed by atoms with Crippen LogP contribution in [0.4, 0.5) is 17.1 Å². The maximum absolute atomic E-state index is 11.9. The maximum Gasteiger partial charge on any atom is 0.163 e. The number of anilines is 3. The van der Waals surface area contributed by atoms with E-state index in [1.165, 1.54) is 11.4 Å². The molecule has 0 bridgehead atoms. The van der Waals surface area contributed by atoms with Gasteiger partial charge in [-0.15, -0.1) is 0 Å². The molecule has 0 spiro atoms. The molecule has 2 aromatic rings. The Balaban J connectivity index is 1.38. The quantitative estimate of drug-likeness (QED) is 0.576. The Morgan fingerprint density at radius 1 is 0.844 bits per heavy atom. The lowest BCUT2D eigenvalue weighted by atomic mass is 10.1. The van der Waals surface area contributed by atoms with E-state index in [0.29, 0.717) is 6.04 Å². The van der Waals surface area contributed by atoms with Gasteiger partial charge in [0.25, 0.3) is 0 Å². The predicted molar refractivity (Wildman–Crippen MR) is 132 cm³/mol. The van der Waals surface area contributed by atoms with Gasteiger partial charge in [-0.25, -0.2) is 0 Å². The van der Waals surface area contributed by atoms with Crippen LogP contribution in [0.25, 0.3) is 0 Å². The first-order chi connectivity index (χ1) is 15.7. The summed E-state index contributed by atoms with van der Waals surface area (Å²) >= 11 is 0. The highest BCUT2D eigenvalue weighted by molar-refractivity contribution is 5.70. The minimum atomic E-state index is -0.265. The number of carbonyl (C=O) groups is 1. The van der Waals surface area contributed by atoms with Gasteiger partial charge in [-0.1, -0.05) is 13.8 Å². The second-order valence-corrected chi connectivity index (χ2v) is 8.36. The fourth-order valence-electron chi connectivity index (χ4n) is 4.74. The molecule has 4 rings (SSSR count). The van der Waals surface area contributed by atoms with Gasteiger partial charge in [-0.05, 0) is 61.4 Å². The van der Waals surface area contributed by atoms with E-state index in [4.69, 9.17) is 4.74 Å². The fourth-order valence-corrected chi connectivity index (χ4v) is 4.74. The minimum Gasteiger partial charge on any atom is -0.497 e. The highest BCUT2D eigenvalue weighted by Crippen LogP contribution is 2.29. The Morgan fingerprint density at radius 3 is 1.81 bits per heavy atom. The second-order valence-electron chi connectivity index (χ2n) is 8.36. The van der Waals surface area contributed by atoms with Crippen molar-refractivity contribution in [3.05, 3.63) is 60.9 Å². The predicted octanol–water partition coefficient (Wildman–Crippen LogP) is 4.33. The molecule has 2 heterocycles. The molecule has 6 heteroatoms. The molecule has 2 aromatic carbocycles. The largest absolute Gasteiger partial charge is 0.497 e. The molecule has 0 aromatic heterocycles. The number of rotatable bonds is 8.